The van der Waals surface area contributed by atoms with Crippen LogP contribution in [-0.4, -0.2) is 48.8 Å². The molecule has 3 fully saturated rings. The molecule has 4 nitrogen and oxygen atoms in total. The lowest BCUT2D eigenvalue weighted by molar-refractivity contribution is -0.201. The summed E-state index contributed by atoms with van der Waals surface area (Å²) in [7, 11) is 0. The number of nitrogens with zero attached hydrogens (tertiary/aromatic N) is 1. The highest BCUT2D eigenvalue weighted by molar-refractivity contribution is 5.83. The van der Waals surface area contributed by atoms with Crippen molar-refractivity contribution in [2.24, 2.45) is 5.92 Å². The maximum atomic E-state index is 12.2. The first-order chi connectivity index (χ1) is 8.74. The van der Waals surface area contributed by atoms with Gasteiger partial charge >= 0.3 is 0 Å². The number of likely N-dealkylation sites (tertiary alicyclic amines) is 1. The topological polar surface area (TPSA) is 38.8 Å². The van der Waals surface area contributed by atoms with Crippen molar-refractivity contribution in [2.75, 3.05) is 26.3 Å². The predicted octanol–water partition coefficient (Wildman–Crippen LogP) is 1.58. The monoisotopic (exact) mass is 253 g/mol. The van der Waals surface area contributed by atoms with Crippen LogP contribution in [0.3, 0.4) is 0 Å². The standard InChI is InChI=1S/C14H23NO3/c1-2-6-15-7-4-13(16)11-10-14(5-3-12(11)15)17-8-9-18-14/h11-12H,2-10H2,1H3. The molecule has 0 aromatic heterocycles. The van der Waals surface area contributed by atoms with Gasteiger partial charge in [-0.15, -0.1) is 0 Å². The third-order valence-electron chi connectivity index (χ3n) is 4.67. The van der Waals surface area contributed by atoms with E-state index in [-0.39, 0.29) is 5.92 Å². The summed E-state index contributed by atoms with van der Waals surface area (Å²) in [5, 5.41) is 0. The molecule has 2 unspecified atom stereocenters. The summed E-state index contributed by atoms with van der Waals surface area (Å²) < 4.78 is 11.6. The zero-order valence-electron chi connectivity index (χ0n) is 11.2. The molecule has 3 rings (SSSR count). The molecule has 1 saturated carbocycles. The average Bonchev–Trinajstić information content (AvgIpc) is 2.82. The Bertz CT molecular complexity index is 325. The van der Waals surface area contributed by atoms with Gasteiger partial charge in [-0.25, -0.2) is 0 Å². The van der Waals surface area contributed by atoms with Gasteiger partial charge in [-0.05, 0) is 19.4 Å². The van der Waals surface area contributed by atoms with Crippen LogP contribution in [0.15, 0.2) is 0 Å². The van der Waals surface area contributed by atoms with Crippen molar-refractivity contribution in [3.8, 4) is 0 Å². The van der Waals surface area contributed by atoms with Crippen LogP contribution in [-0.2, 0) is 14.3 Å². The fraction of sp³-hybridized carbons (Fsp3) is 0.929. The third kappa shape index (κ3) is 2.10. The zero-order chi connectivity index (χ0) is 12.6. The normalized spacial score (nSPS) is 35.9. The average molecular weight is 253 g/mol. The number of carbonyl (C=O) groups is 1. The number of rotatable bonds is 2. The number of ether oxygens (including phenoxy) is 2. The van der Waals surface area contributed by atoms with Crippen LogP contribution in [0.1, 0.15) is 39.0 Å². The van der Waals surface area contributed by atoms with Gasteiger partial charge in [0.05, 0.1) is 13.2 Å². The Morgan fingerprint density at radius 2 is 2.17 bits per heavy atom. The molecule has 1 aliphatic carbocycles. The first-order valence-corrected chi connectivity index (χ1v) is 7.29. The number of ketones is 1. The highest BCUT2D eigenvalue weighted by atomic mass is 16.7. The van der Waals surface area contributed by atoms with E-state index in [4.69, 9.17) is 9.47 Å². The van der Waals surface area contributed by atoms with Gasteiger partial charge in [0.2, 0.25) is 0 Å². The van der Waals surface area contributed by atoms with Gasteiger partial charge in [0.25, 0.3) is 0 Å². The second-order valence-corrected chi connectivity index (χ2v) is 5.78. The van der Waals surface area contributed by atoms with Gasteiger partial charge in [-0.2, -0.15) is 0 Å². The minimum Gasteiger partial charge on any atom is -0.348 e. The third-order valence-corrected chi connectivity index (χ3v) is 4.67. The molecule has 4 heteroatoms. The van der Waals surface area contributed by atoms with E-state index < -0.39 is 5.79 Å². The molecule has 18 heavy (non-hydrogen) atoms. The maximum absolute atomic E-state index is 12.2. The van der Waals surface area contributed by atoms with E-state index >= 15 is 0 Å². The van der Waals surface area contributed by atoms with Crippen LogP contribution in [0, 0.1) is 5.92 Å². The second-order valence-electron chi connectivity index (χ2n) is 5.78. The Morgan fingerprint density at radius 1 is 1.39 bits per heavy atom. The van der Waals surface area contributed by atoms with E-state index in [9.17, 15) is 4.79 Å². The lowest BCUT2D eigenvalue weighted by atomic mass is 9.74. The molecular formula is C14H23NO3. The molecule has 1 spiro atoms. The molecule has 2 aliphatic heterocycles. The fourth-order valence-corrected chi connectivity index (χ4v) is 3.84. The summed E-state index contributed by atoms with van der Waals surface area (Å²) in [6.45, 7) is 5.64. The highest BCUT2D eigenvalue weighted by Crippen LogP contribution is 2.42. The first-order valence-electron chi connectivity index (χ1n) is 7.29. The van der Waals surface area contributed by atoms with Crippen molar-refractivity contribution in [1.29, 1.82) is 0 Å². The largest absolute Gasteiger partial charge is 0.348 e. The molecule has 2 heterocycles. The van der Waals surface area contributed by atoms with Crippen molar-refractivity contribution < 1.29 is 14.3 Å². The minimum atomic E-state index is -0.425. The highest BCUT2D eigenvalue weighted by Gasteiger charge is 2.49. The van der Waals surface area contributed by atoms with Crippen molar-refractivity contribution in [2.45, 2.75) is 50.9 Å². The number of Topliss-reactive ketones (excluding diaryl/α,β-unsaturated/α-hetero) is 1. The van der Waals surface area contributed by atoms with Crippen LogP contribution in [0.25, 0.3) is 0 Å². The molecule has 2 saturated heterocycles. The van der Waals surface area contributed by atoms with Gasteiger partial charge in [0.1, 0.15) is 5.78 Å². The summed E-state index contributed by atoms with van der Waals surface area (Å²) in [5.74, 6) is 0.133. The van der Waals surface area contributed by atoms with Crippen molar-refractivity contribution in [3.63, 3.8) is 0 Å². The Labute approximate surface area is 109 Å². The zero-order valence-corrected chi connectivity index (χ0v) is 11.2. The molecule has 0 amide bonds. The fourth-order valence-electron chi connectivity index (χ4n) is 3.84. The van der Waals surface area contributed by atoms with Crippen LogP contribution in [0.4, 0.5) is 0 Å². The van der Waals surface area contributed by atoms with E-state index in [0.29, 0.717) is 31.5 Å². The van der Waals surface area contributed by atoms with Crippen molar-refractivity contribution in [1.82, 2.24) is 4.90 Å². The summed E-state index contributed by atoms with van der Waals surface area (Å²) in [4.78, 5) is 14.7. The van der Waals surface area contributed by atoms with E-state index in [1.54, 1.807) is 0 Å². The Kier molecular flexibility index (Phi) is 3.43. The van der Waals surface area contributed by atoms with Crippen LogP contribution in [0.2, 0.25) is 0 Å². The summed E-state index contributed by atoms with van der Waals surface area (Å²) >= 11 is 0. The van der Waals surface area contributed by atoms with Crippen molar-refractivity contribution in [3.05, 3.63) is 0 Å². The summed E-state index contributed by atoms with van der Waals surface area (Å²) in [6, 6.07) is 0.435. The Hall–Kier alpha value is -0.450. The number of carbonyl (C=O) groups excluding carboxylic acids is 1. The van der Waals surface area contributed by atoms with Gasteiger partial charge in [-0.3, -0.25) is 9.69 Å². The first kappa shape index (κ1) is 12.6. The SMILES string of the molecule is CCCN1CCC(=O)C2CC3(CCC21)OCCO3. The molecule has 2 atom stereocenters. The number of hydrogen-bond acceptors (Lipinski definition) is 4. The lowest BCUT2D eigenvalue weighted by Crippen LogP contribution is -2.56. The van der Waals surface area contributed by atoms with Crippen LogP contribution in [0.5, 0.6) is 0 Å². The van der Waals surface area contributed by atoms with Gasteiger partial charge in [-0.1, -0.05) is 6.92 Å². The molecule has 3 aliphatic rings. The van der Waals surface area contributed by atoms with Gasteiger partial charge in [0.15, 0.2) is 5.79 Å². The predicted molar refractivity (Wildman–Crippen MR) is 67.3 cm³/mol. The number of fused-ring (bicyclic) bond motifs is 1. The molecule has 0 aromatic rings. The summed E-state index contributed by atoms with van der Waals surface area (Å²) in [6.07, 6.45) is 4.63. The Balaban J connectivity index is 1.74. The molecule has 102 valence electrons. The van der Waals surface area contributed by atoms with E-state index in [0.717, 1.165) is 38.8 Å². The van der Waals surface area contributed by atoms with Crippen LogP contribution < -0.4 is 0 Å². The smallest absolute Gasteiger partial charge is 0.169 e. The molecule has 0 aromatic carbocycles. The van der Waals surface area contributed by atoms with Gasteiger partial charge in [0, 0.05) is 37.8 Å². The van der Waals surface area contributed by atoms with Crippen molar-refractivity contribution >= 4 is 5.78 Å². The number of hydrogen-bond donors (Lipinski definition) is 0. The molecule has 0 N–H and O–H groups in total. The minimum absolute atomic E-state index is 0.136. The van der Waals surface area contributed by atoms with E-state index in [1.807, 2.05) is 0 Å². The second kappa shape index (κ2) is 4.91. The van der Waals surface area contributed by atoms with Crippen LogP contribution >= 0.6 is 0 Å². The summed E-state index contributed by atoms with van der Waals surface area (Å²) in [5.41, 5.74) is 0. The Morgan fingerprint density at radius 3 is 2.89 bits per heavy atom. The molecule has 0 bridgehead atoms. The lowest BCUT2D eigenvalue weighted by Gasteiger charge is -2.47. The molecular weight excluding hydrogens is 230 g/mol. The van der Waals surface area contributed by atoms with E-state index in [2.05, 4.69) is 11.8 Å². The maximum Gasteiger partial charge on any atom is 0.169 e. The number of piperidine rings is 1. The van der Waals surface area contributed by atoms with Gasteiger partial charge < -0.3 is 9.47 Å². The van der Waals surface area contributed by atoms with E-state index in [1.165, 1.54) is 0 Å². The quantitative estimate of drug-likeness (QED) is 0.749. The molecule has 0 radical (unpaired) electrons.